The highest BCUT2D eigenvalue weighted by atomic mass is 32.2. The van der Waals surface area contributed by atoms with Gasteiger partial charge in [-0.2, -0.15) is 0 Å². The van der Waals surface area contributed by atoms with Gasteiger partial charge in [-0.1, -0.05) is 12.1 Å². The molecule has 32 heavy (non-hydrogen) atoms. The zero-order chi connectivity index (χ0) is 23.0. The van der Waals surface area contributed by atoms with Gasteiger partial charge in [0.2, 0.25) is 0 Å². The number of pyridine rings is 1. The van der Waals surface area contributed by atoms with E-state index in [1.54, 1.807) is 18.3 Å². The first kappa shape index (κ1) is 21.5. The molecule has 1 saturated heterocycles. The highest BCUT2D eigenvalue weighted by Gasteiger charge is 2.35. The Balaban J connectivity index is 1.62. The van der Waals surface area contributed by atoms with Gasteiger partial charge in [0.05, 0.1) is 16.4 Å². The molecule has 9 heteroatoms. The number of non-ortho nitro benzene ring substituents is 1. The van der Waals surface area contributed by atoms with Crippen molar-refractivity contribution < 1.29 is 14.5 Å². The molecule has 8 nitrogen and oxygen atoms in total. The van der Waals surface area contributed by atoms with E-state index in [2.05, 4.69) is 4.98 Å². The first-order valence-electron chi connectivity index (χ1n) is 9.85. The van der Waals surface area contributed by atoms with Gasteiger partial charge in [0, 0.05) is 29.7 Å². The van der Waals surface area contributed by atoms with Gasteiger partial charge in [-0.25, -0.2) is 4.98 Å². The number of nitrogens with zero attached hydrogens (tertiary/aromatic N) is 4. The lowest BCUT2D eigenvalue weighted by atomic mass is 10.2. The molecule has 0 N–H and O–H groups in total. The van der Waals surface area contributed by atoms with Crippen LogP contribution in [0.4, 0.5) is 10.5 Å². The molecule has 1 fully saturated rings. The molecule has 0 atom stereocenters. The van der Waals surface area contributed by atoms with E-state index in [0.29, 0.717) is 10.5 Å². The molecule has 0 saturated carbocycles. The molecule has 0 unspecified atom stereocenters. The molecule has 2 amide bonds. The van der Waals surface area contributed by atoms with E-state index < -0.39 is 16.1 Å². The summed E-state index contributed by atoms with van der Waals surface area (Å²) in [5.41, 5.74) is 4.22. The second-order valence-electron chi connectivity index (χ2n) is 7.55. The van der Waals surface area contributed by atoms with Crippen LogP contribution in [-0.2, 0) is 11.3 Å². The fraction of sp³-hybridized carbons (Fsp3) is 0.174. The van der Waals surface area contributed by atoms with E-state index >= 15 is 0 Å². The minimum absolute atomic E-state index is 0.0179. The van der Waals surface area contributed by atoms with E-state index in [1.807, 2.05) is 43.5 Å². The van der Waals surface area contributed by atoms with Crippen LogP contribution in [0.3, 0.4) is 0 Å². The van der Waals surface area contributed by atoms with Gasteiger partial charge in [0.25, 0.3) is 16.8 Å². The molecule has 0 bridgehead atoms. The summed E-state index contributed by atoms with van der Waals surface area (Å²) < 4.78 is 2.01. The normalized spacial score (nSPS) is 15.1. The molecule has 2 aromatic heterocycles. The Labute approximate surface area is 188 Å². The molecule has 0 radical (unpaired) electrons. The Kier molecular flexibility index (Phi) is 5.67. The Bertz CT molecular complexity index is 1290. The van der Waals surface area contributed by atoms with Crippen LogP contribution in [0.15, 0.2) is 53.6 Å². The maximum absolute atomic E-state index is 12.9. The Morgan fingerprint density at radius 2 is 1.91 bits per heavy atom. The van der Waals surface area contributed by atoms with Crippen molar-refractivity contribution in [2.75, 3.05) is 0 Å². The zero-order valence-electron chi connectivity index (χ0n) is 17.7. The zero-order valence-corrected chi connectivity index (χ0v) is 18.5. The van der Waals surface area contributed by atoms with Crippen molar-refractivity contribution in [3.05, 3.63) is 91.8 Å². The number of benzene rings is 1. The van der Waals surface area contributed by atoms with E-state index in [-0.39, 0.29) is 12.2 Å². The van der Waals surface area contributed by atoms with Crippen molar-refractivity contribution >= 4 is 34.7 Å². The molecule has 162 valence electrons. The van der Waals surface area contributed by atoms with Crippen LogP contribution >= 0.6 is 11.8 Å². The Morgan fingerprint density at radius 1 is 1.12 bits per heavy atom. The fourth-order valence-electron chi connectivity index (χ4n) is 3.66. The molecule has 1 aliphatic rings. The number of nitro benzene ring substituents is 1. The topological polar surface area (TPSA) is 98.3 Å². The summed E-state index contributed by atoms with van der Waals surface area (Å²) in [6, 6.07) is 11.8. The van der Waals surface area contributed by atoms with Gasteiger partial charge in [-0.15, -0.1) is 0 Å². The van der Waals surface area contributed by atoms with E-state index in [1.165, 1.54) is 18.2 Å². The standard InChI is InChI=1S/C23H20N4O4S/c1-14-7-8-24-21(9-14)26-15(2)10-18(16(26)3)12-20-22(28)25(23(29)32-20)13-17-5-4-6-19(11-17)27(30)31/h4-12H,13H2,1-3H3/b20-12+. The molecule has 1 aliphatic heterocycles. The fourth-order valence-corrected chi connectivity index (χ4v) is 4.49. The summed E-state index contributed by atoms with van der Waals surface area (Å²) >= 11 is 0.868. The third-order valence-electron chi connectivity index (χ3n) is 5.22. The van der Waals surface area contributed by atoms with Crippen LogP contribution in [0, 0.1) is 30.9 Å². The first-order chi connectivity index (χ1) is 15.2. The van der Waals surface area contributed by atoms with Gasteiger partial charge >= 0.3 is 0 Å². The molecule has 0 spiro atoms. The summed E-state index contributed by atoms with van der Waals surface area (Å²) in [6.07, 6.45) is 3.47. The molecule has 0 aliphatic carbocycles. The summed E-state index contributed by atoms with van der Waals surface area (Å²) in [7, 11) is 0. The Morgan fingerprint density at radius 3 is 2.62 bits per heavy atom. The minimum atomic E-state index is -0.504. The summed E-state index contributed by atoms with van der Waals surface area (Å²) in [4.78, 5) is 41.8. The second-order valence-corrected chi connectivity index (χ2v) is 8.54. The lowest BCUT2D eigenvalue weighted by Gasteiger charge is -2.12. The number of hydrogen-bond acceptors (Lipinski definition) is 6. The van der Waals surface area contributed by atoms with E-state index in [0.717, 1.165) is 45.0 Å². The van der Waals surface area contributed by atoms with Crippen LogP contribution in [0.5, 0.6) is 0 Å². The average molecular weight is 449 g/mol. The van der Waals surface area contributed by atoms with Gasteiger partial charge in [0.1, 0.15) is 5.82 Å². The maximum Gasteiger partial charge on any atom is 0.293 e. The van der Waals surface area contributed by atoms with Gasteiger partial charge in [0.15, 0.2) is 0 Å². The predicted octanol–water partition coefficient (Wildman–Crippen LogP) is 4.94. The first-order valence-corrected chi connectivity index (χ1v) is 10.7. The average Bonchev–Trinajstić information content (AvgIpc) is 3.17. The quantitative estimate of drug-likeness (QED) is 0.311. The summed E-state index contributed by atoms with van der Waals surface area (Å²) in [6.45, 7) is 5.88. The largest absolute Gasteiger partial charge is 0.303 e. The third kappa shape index (κ3) is 4.06. The monoisotopic (exact) mass is 448 g/mol. The summed E-state index contributed by atoms with van der Waals surface area (Å²) in [5.74, 6) is 0.378. The number of nitro groups is 1. The highest BCUT2D eigenvalue weighted by molar-refractivity contribution is 8.18. The van der Waals surface area contributed by atoms with Crippen LogP contribution < -0.4 is 0 Å². The van der Waals surface area contributed by atoms with Crippen LogP contribution in [0.2, 0.25) is 0 Å². The van der Waals surface area contributed by atoms with E-state index in [9.17, 15) is 19.7 Å². The molecule has 3 heterocycles. The lowest BCUT2D eigenvalue weighted by molar-refractivity contribution is -0.384. The van der Waals surface area contributed by atoms with E-state index in [4.69, 9.17) is 0 Å². The van der Waals surface area contributed by atoms with Crippen LogP contribution in [0.25, 0.3) is 11.9 Å². The highest BCUT2D eigenvalue weighted by Crippen LogP contribution is 2.35. The second kappa shape index (κ2) is 8.43. The van der Waals surface area contributed by atoms with Gasteiger partial charge in [-0.05, 0) is 73.5 Å². The number of thioether (sulfide) groups is 1. The maximum atomic E-state index is 12.9. The molecule has 3 aromatic rings. The number of carbonyl (C=O) groups excluding carboxylic acids is 2. The lowest BCUT2D eigenvalue weighted by Crippen LogP contribution is -2.27. The third-order valence-corrected chi connectivity index (χ3v) is 6.13. The van der Waals surface area contributed by atoms with Crippen molar-refractivity contribution in [1.29, 1.82) is 0 Å². The van der Waals surface area contributed by atoms with Gasteiger partial charge < -0.3 is 4.57 Å². The number of rotatable bonds is 5. The van der Waals surface area contributed by atoms with Gasteiger partial charge in [-0.3, -0.25) is 24.6 Å². The number of aromatic nitrogens is 2. The van der Waals surface area contributed by atoms with Crippen LogP contribution in [0.1, 0.15) is 28.1 Å². The number of imide groups is 1. The van der Waals surface area contributed by atoms with Crippen molar-refractivity contribution in [3.63, 3.8) is 0 Å². The SMILES string of the molecule is Cc1ccnc(-n2c(C)cc(/C=C3/SC(=O)N(Cc4cccc([N+](=O)[O-])c4)C3=O)c2C)c1. The summed E-state index contributed by atoms with van der Waals surface area (Å²) in [5, 5.41) is 10.6. The molecular weight excluding hydrogens is 428 g/mol. The van der Waals surface area contributed by atoms with Crippen molar-refractivity contribution in [1.82, 2.24) is 14.5 Å². The number of carbonyl (C=O) groups is 2. The van der Waals surface area contributed by atoms with Crippen molar-refractivity contribution in [2.24, 2.45) is 0 Å². The number of hydrogen-bond donors (Lipinski definition) is 0. The van der Waals surface area contributed by atoms with Crippen LogP contribution in [-0.4, -0.2) is 30.5 Å². The number of aryl methyl sites for hydroxylation is 2. The predicted molar refractivity (Wildman–Crippen MR) is 122 cm³/mol. The van der Waals surface area contributed by atoms with Crippen molar-refractivity contribution in [2.45, 2.75) is 27.3 Å². The smallest absolute Gasteiger partial charge is 0.293 e. The minimum Gasteiger partial charge on any atom is -0.303 e. The molecule has 1 aromatic carbocycles. The van der Waals surface area contributed by atoms with Crippen molar-refractivity contribution in [3.8, 4) is 5.82 Å². The number of amides is 2. The molecule has 4 rings (SSSR count). The Hall–Kier alpha value is -3.72. The molecular formula is C23H20N4O4S.